The van der Waals surface area contributed by atoms with Crippen molar-refractivity contribution in [1.29, 1.82) is 0 Å². The minimum atomic E-state index is -0.526. The van der Waals surface area contributed by atoms with Gasteiger partial charge in [0, 0.05) is 13.0 Å². The highest BCUT2D eigenvalue weighted by Gasteiger charge is 2.64. The third kappa shape index (κ3) is 4.26. The Kier molecular flexibility index (Phi) is 7.28. The van der Waals surface area contributed by atoms with Gasteiger partial charge in [-0.25, -0.2) is 0 Å². The van der Waals surface area contributed by atoms with Crippen molar-refractivity contribution in [1.82, 2.24) is 0 Å². The molecule has 0 aliphatic heterocycles. The average Bonchev–Trinajstić information content (AvgIpc) is 3.00. The summed E-state index contributed by atoms with van der Waals surface area (Å²) in [6.07, 6.45) is 19.3. The lowest BCUT2D eigenvalue weighted by Gasteiger charge is -2.61. The summed E-state index contributed by atoms with van der Waals surface area (Å²) < 4.78 is 0. The Labute approximate surface area is 196 Å². The Morgan fingerprint density at radius 2 is 1.56 bits per heavy atom. The molecule has 3 heteroatoms. The molecule has 32 heavy (non-hydrogen) atoms. The molecule has 4 rings (SSSR count). The summed E-state index contributed by atoms with van der Waals surface area (Å²) in [6.45, 7) is 7.30. The Morgan fingerprint density at radius 1 is 0.906 bits per heavy atom. The van der Waals surface area contributed by atoms with Crippen LogP contribution in [0.2, 0.25) is 0 Å². The second-order valence-corrected chi connectivity index (χ2v) is 12.6. The van der Waals surface area contributed by atoms with Crippen molar-refractivity contribution in [2.75, 3.05) is 6.61 Å². The fourth-order valence-corrected chi connectivity index (χ4v) is 8.65. The van der Waals surface area contributed by atoms with Gasteiger partial charge >= 0.3 is 0 Å². The van der Waals surface area contributed by atoms with E-state index in [-0.39, 0.29) is 10.8 Å². The largest absolute Gasteiger partial charge is 0.396 e. The molecule has 2 N–H and O–H groups in total. The van der Waals surface area contributed by atoms with Gasteiger partial charge in [0.25, 0.3) is 0 Å². The highest BCUT2D eigenvalue weighted by Crippen LogP contribution is 2.69. The second kappa shape index (κ2) is 9.53. The van der Waals surface area contributed by atoms with Crippen LogP contribution in [0, 0.1) is 34.5 Å². The van der Waals surface area contributed by atoms with Gasteiger partial charge in [0.1, 0.15) is 0 Å². The van der Waals surface area contributed by atoms with Gasteiger partial charge in [-0.2, -0.15) is 0 Å². The molecule has 3 fully saturated rings. The first-order chi connectivity index (χ1) is 15.2. The zero-order valence-electron chi connectivity index (χ0n) is 21.0. The second-order valence-electron chi connectivity index (χ2n) is 12.6. The topological polar surface area (TPSA) is 57.5 Å². The molecule has 0 radical (unpaired) electrons. The number of fused-ring (bicyclic) bond motifs is 5. The fourth-order valence-electron chi connectivity index (χ4n) is 8.65. The Morgan fingerprint density at radius 3 is 2.28 bits per heavy atom. The summed E-state index contributed by atoms with van der Waals surface area (Å²) in [4.78, 5) is 12.3. The molecule has 4 aliphatic carbocycles. The number of aliphatic hydroxyl groups is 2. The van der Waals surface area contributed by atoms with Crippen LogP contribution in [0.5, 0.6) is 0 Å². The molecule has 4 aliphatic rings. The van der Waals surface area contributed by atoms with Crippen molar-refractivity contribution < 1.29 is 15.0 Å². The molecule has 0 aromatic carbocycles. The van der Waals surface area contributed by atoms with Crippen molar-refractivity contribution in [2.24, 2.45) is 34.5 Å². The third-order valence-electron chi connectivity index (χ3n) is 10.9. The lowest BCUT2D eigenvalue weighted by molar-refractivity contribution is -0.135. The predicted octanol–water partition coefficient (Wildman–Crippen LogP) is 6.61. The van der Waals surface area contributed by atoms with Crippen LogP contribution in [0.3, 0.4) is 0 Å². The van der Waals surface area contributed by atoms with Crippen molar-refractivity contribution in [3.8, 4) is 0 Å². The van der Waals surface area contributed by atoms with Gasteiger partial charge in [-0.15, -0.1) is 0 Å². The number of hydrogen-bond donors (Lipinski definition) is 2. The van der Waals surface area contributed by atoms with Crippen LogP contribution in [-0.4, -0.2) is 28.2 Å². The van der Waals surface area contributed by atoms with Crippen LogP contribution < -0.4 is 0 Å². The molecule has 3 nitrogen and oxygen atoms in total. The van der Waals surface area contributed by atoms with Crippen molar-refractivity contribution in [3.63, 3.8) is 0 Å². The van der Waals surface area contributed by atoms with Crippen LogP contribution in [0.4, 0.5) is 0 Å². The van der Waals surface area contributed by atoms with Crippen molar-refractivity contribution in [2.45, 2.75) is 123 Å². The monoisotopic (exact) mass is 444 g/mol. The van der Waals surface area contributed by atoms with E-state index in [4.69, 9.17) is 5.11 Å². The highest BCUT2D eigenvalue weighted by molar-refractivity contribution is 5.91. The minimum absolute atomic E-state index is 0.0567. The van der Waals surface area contributed by atoms with Crippen LogP contribution >= 0.6 is 0 Å². The molecule has 0 amide bonds. The molecule has 0 aromatic rings. The van der Waals surface area contributed by atoms with E-state index >= 15 is 0 Å². The SMILES string of the molecule is C[C@]12CCC(=O)C=C1CC(CCCCCCCCCO)C1C2CC[C@@]2(C)C1CC[C@]2(C)O. The quantitative estimate of drug-likeness (QED) is 0.393. The molecule has 0 bridgehead atoms. The minimum Gasteiger partial charge on any atom is -0.396 e. The predicted molar refractivity (Wildman–Crippen MR) is 130 cm³/mol. The molecule has 0 spiro atoms. The first kappa shape index (κ1) is 24.5. The average molecular weight is 445 g/mol. The first-order valence-electron chi connectivity index (χ1n) is 13.8. The van der Waals surface area contributed by atoms with E-state index in [1.165, 1.54) is 56.9 Å². The van der Waals surface area contributed by atoms with Crippen LogP contribution in [-0.2, 0) is 4.79 Å². The summed E-state index contributed by atoms with van der Waals surface area (Å²) in [5, 5.41) is 20.3. The summed E-state index contributed by atoms with van der Waals surface area (Å²) in [6, 6.07) is 0. The van der Waals surface area contributed by atoms with E-state index in [0.717, 1.165) is 44.9 Å². The zero-order chi connectivity index (χ0) is 23.0. The Balaban J connectivity index is 1.48. The van der Waals surface area contributed by atoms with Gasteiger partial charge in [0.05, 0.1) is 5.60 Å². The summed E-state index contributed by atoms with van der Waals surface area (Å²) in [5.74, 6) is 3.06. The number of carbonyl (C=O) groups excluding carboxylic acids is 1. The summed E-state index contributed by atoms with van der Waals surface area (Å²) in [7, 11) is 0. The van der Waals surface area contributed by atoms with Gasteiger partial charge in [0.15, 0.2) is 5.78 Å². The van der Waals surface area contributed by atoms with E-state index in [0.29, 0.717) is 36.1 Å². The molecular weight excluding hydrogens is 396 g/mol. The normalized spacial score (nSPS) is 43.4. The molecule has 4 unspecified atom stereocenters. The van der Waals surface area contributed by atoms with Gasteiger partial charge in [-0.1, -0.05) is 57.9 Å². The molecule has 182 valence electrons. The molecule has 3 saturated carbocycles. The maximum Gasteiger partial charge on any atom is 0.155 e. The molecule has 0 aromatic heterocycles. The number of carbonyl (C=O) groups is 1. The number of hydrogen-bond acceptors (Lipinski definition) is 3. The standard InChI is InChI=1S/C29H48O3/c1-27-15-12-23(31)20-22(27)19-21(11-9-7-5-4-6-8-10-18-30)26-24(27)13-16-28(2)25(26)14-17-29(28,3)32/h20-21,24-26,30,32H,4-19H2,1-3H3/t21?,24?,25?,26?,27-,28-,29-/m0/s1. The van der Waals surface area contributed by atoms with Crippen LogP contribution in [0.1, 0.15) is 117 Å². The van der Waals surface area contributed by atoms with Gasteiger partial charge in [-0.3, -0.25) is 4.79 Å². The van der Waals surface area contributed by atoms with Gasteiger partial charge < -0.3 is 10.2 Å². The van der Waals surface area contributed by atoms with Gasteiger partial charge in [-0.05, 0) is 98.9 Å². The molecular formula is C29H48O3. The fraction of sp³-hybridized carbons (Fsp3) is 0.897. The Hall–Kier alpha value is -0.670. The van der Waals surface area contributed by atoms with E-state index in [9.17, 15) is 9.90 Å². The summed E-state index contributed by atoms with van der Waals surface area (Å²) >= 11 is 0. The van der Waals surface area contributed by atoms with Crippen molar-refractivity contribution >= 4 is 5.78 Å². The Bertz CT molecular complexity index is 709. The maximum absolute atomic E-state index is 12.3. The lowest BCUT2D eigenvalue weighted by Crippen LogP contribution is -2.56. The van der Waals surface area contributed by atoms with Crippen LogP contribution in [0.25, 0.3) is 0 Å². The maximum atomic E-state index is 12.3. The first-order valence-corrected chi connectivity index (χ1v) is 13.8. The number of rotatable bonds is 9. The van der Waals surface area contributed by atoms with E-state index < -0.39 is 5.60 Å². The number of allylic oxidation sites excluding steroid dienone is 1. The lowest BCUT2D eigenvalue weighted by atomic mass is 9.44. The summed E-state index contributed by atoms with van der Waals surface area (Å²) in [5.41, 5.74) is 1.21. The number of aliphatic hydroxyl groups excluding tert-OH is 1. The molecule has 0 saturated heterocycles. The number of unbranched alkanes of at least 4 members (excludes halogenated alkanes) is 6. The van der Waals surface area contributed by atoms with E-state index in [1.807, 2.05) is 6.08 Å². The van der Waals surface area contributed by atoms with E-state index in [2.05, 4.69) is 20.8 Å². The molecule has 7 atom stereocenters. The highest BCUT2D eigenvalue weighted by atomic mass is 16.3. The smallest absolute Gasteiger partial charge is 0.155 e. The zero-order valence-corrected chi connectivity index (χ0v) is 21.0. The van der Waals surface area contributed by atoms with Crippen LogP contribution in [0.15, 0.2) is 11.6 Å². The number of ketones is 1. The molecule has 0 heterocycles. The van der Waals surface area contributed by atoms with Crippen molar-refractivity contribution in [3.05, 3.63) is 11.6 Å². The van der Waals surface area contributed by atoms with Gasteiger partial charge in [0.2, 0.25) is 0 Å². The van der Waals surface area contributed by atoms with E-state index in [1.54, 1.807) is 0 Å². The third-order valence-corrected chi connectivity index (χ3v) is 10.9.